The summed E-state index contributed by atoms with van der Waals surface area (Å²) in [5.74, 6) is -8.44. The second kappa shape index (κ2) is 23.8. The molecule has 0 radical (unpaired) electrons. The number of carboxylic acid groups (broad SMARTS) is 3. The van der Waals surface area contributed by atoms with Crippen molar-refractivity contribution in [1.82, 2.24) is 5.32 Å². The summed E-state index contributed by atoms with van der Waals surface area (Å²) in [5.41, 5.74) is 5.31. The van der Waals surface area contributed by atoms with E-state index in [0.717, 1.165) is 0 Å². The fraction of sp³-hybridized carbons (Fsp3) is 0.538. The number of Topliss-reactive ketones (excluding diaryl/α,β-unsaturated/α-hetero) is 1. The van der Waals surface area contributed by atoms with Gasteiger partial charge < -0.3 is 44.3 Å². The van der Waals surface area contributed by atoms with Gasteiger partial charge in [-0.05, 0) is 0 Å². The van der Waals surface area contributed by atoms with Crippen LogP contribution in [-0.2, 0) is 28.8 Å². The Hall–Kier alpha value is 1.14. The van der Waals surface area contributed by atoms with Crippen molar-refractivity contribution in [2.45, 2.75) is 37.8 Å². The molecule has 0 saturated heterocycles. The molecule has 146 valence electrons. The third-order valence-electron chi connectivity index (χ3n) is 2.93. The monoisotopic (exact) mass is 455 g/mol. The van der Waals surface area contributed by atoms with E-state index in [0.29, 0.717) is 0 Å². The largest absolute Gasteiger partial charge is 1.00 e. The maximum absolute atomic E-state index is 12.0. The predicted octanol–water partition coefficient (Wildman–Crippen LogP) is -15.4. The van der Waals surface area contributed by atoms with Crippen molar-refractivity contribution in [2.24, 2.45) is 11.7 Å². The van der Waals surface area contributed by atoms with Crippen molar-refractivity contribution in [3.8, 4) is 0 Å². The number of ketones is 1. The molecule has 12 nitrogen and oxygen atoms in total. The van der Waals surface area contributed by atoms with Gasteiger partial charge in [-0.25, -0.2) is 0 Å². The second-order valence-corrected chi connectivity index (χ2v) is 4.90. The minimum absolute atomic E-state index is 0. The van der Waals surface area contributed by atoms with Crippen LogP contribution >= 0.6 is 0 Å². The number of aliphatic carboxylic acids is 3. The standard InChI is InChI=1S/C13H17N2O9.4Na.H2O.2H/c14-7(1-2-16)12(22)15-8(5-11(20)21)9(17)3-6(13(23)24)4-10(18)19;;;;;;;/h6-8H,1,3-5,14H2,(H,15,22)(H,18,19)(H,20,21)(H,23,24);;;;;1H2;;/q-1;4*+1;;2*-1/p-2. The summed E-state index contributed by atoms with van der Waals surface area (Å²) in [6, 6.07) is -2.98. The summed E-state index contributed by atoms with van der Waals surface area (Å²) in [6.45, 7) is 0. The Morgan fingerprint density at radius 1 is 0.966 bits per heavy atom. The molecule has 0 aromatic rings. The summed E-state index contributed by atoms with van der Waals surface area (Å²) in [7, 11) is 0. The first-order valence-electron chi connectivity index (χ1n) is 6.66. The van der Waals surface area contributed by atoms with Crippen LogP contribution in [-0.4, -0.2) is 63.7 Å². The first kappa shape index (κ1) is 43.9. The van der Waals surface area contributed by atoms with Gasteiger partial charge in [-0.2, -0.15) is 0 Å². The number of rotatable bonds is 12. The van der Waals surface area contributed by atoms with Crippen molar-refractivity contribution in [2.75, 3.05) is 0 Å². The van der Waals surface area contributed by atoms with Gasteiger partial charge >= 0.3 is 130 Å². The molecule has 3 atom stereocenters. The zero-order chi connectivity index (χ0) is 18.9. The Morgan fingerprint density at radius 2 is 1.41 bits per heavy atom. The molecule has 0 aromatic carbocycles. The Balaban J connectivity index is -0.000000126. The van der Waals surface area contributed by atoms with Crippen molar-refractivity contribution in [3.63, 3.8) is 0 Å². The Morgan fingerprint density at radius 3 is 1.76 bits per heavy atom. The Bertz CT molecular complexity index is 560. The summed E-state index contributed by atoms with van der Waals surface area (Å²) >= 11 is 0. The first-order valence-corrected chi connectivity index (χ1v) is 6.66. The van der Waals surface area contributed by atoms with Crippen molar-refractivity contribution >= 4 is 35.9 Å². The molecule has 0 aliphatic heterocycles. The normalized spacial score (nSPS) is 11.6. The van der Waals surface area contributed by atoms with Crippen LogP contribution < -0.4 is 134 Å². The molecule has 0 aliphatic rings. The minimum atomic E-state index is -1.79. The van der Waals surface area contributed by atoms with Gasteiger partial charge in [-0.1, -0.05) is 0 Å². The number of carboxylic acids is 3. The summed E-state index contributed by atoms with van der Waals surface area (Å²) in [4.78, 5) is 66.0. The van der Waals surface area contributed by atoms with Gasteiger partial charge in [0.05, 0.1) is 24.9 Å². The molecule has 0 fully saturated rings. The molecule has 6 N–H and O–H groups in total. The summed E-state index contributed by atoms with van der Waals surface area (Å²) in [6.07, 6.45) is -1.73. The van der Waals surface area contributed by atoms with E-state index < -0.39 is 73.3 Å². The van der Waals surface area contributed by atoms with E-state index in [1.165, 1.54) is 6.29 Å². The van der Waals surface area contributed by atoms with Crippen molar-refractivity contribution < 1.29 is 171 Å². The van der Waals surface area contributed by atoms with E-state index in [1.807, 2.05) is 5.32 Å². The number of amides is 1. The maximum Gasteiger partial charge on any atom is 1.00 e. The number of nitrogens with one attached hydrogen (secondary N) is 1. The van der Waals surface area contributed by atoms with Crippen molar-refractivity contribution in [1.29, 1.82) is 0 Å². The second-order valence-electron chi connectivity index (χ2n) is 4.90. The quantitative estimate of drug-likeness (QED) is 0.159. The minimum Gasteiger partial charge on any atom is -1.00 e. The molecular weight excluding hydrogens is 436 g/mol. The topological polar surface area (TPSA) is 234 Å². The summed E-state index contributed by atoms with van der Waals surface area (Å²) < 4.78 is 0. The van der Waals surface area contributed by atoms with Gasteiger partial charge in [0.1, 0.15) is 0 Å². The van der Waals surface area contributed by atoms with Gasteiger partial charge in [0.15, 0.2) is 5.78 Å². The zero-order valence-electron chi connectivity index (χ0n) is 18.8. The van der Waals surface area contributed by atoms with Crippen molar-refractivity contribution in [3.05, 3.63) is 0 Å². The molecule has 1 amide bonds. The molecule has 0 rings (SSSR count). The van der Waals surface area contributed by atoms with Gasteiger partial charge in [-0.15, -0.1) is 6.42 Å². The maximum atomic E-state index is 12.0. The van der Waals surface area contributed by atoms with Crippen LogP contribution in [0, 0.1) is 5.92 Å². The molecule has 0 spiro atoms. The molecule has 0 saturated carbocycles. The van der Waals surface area contributed by atoms with E-state index in [9.17, 15) is 33.9 Å². The van der Waals surface area contributed by atoms with E-state index in [-0.39, 0.29) is 127 Å². The average Bonchev–Trinajstić information content (AvgIpc) is 2.44. The molecule has 0 aromatic heterocycles. The van der Waals surface area contributed by atoms with Crippen LogP contribution in [0.3, 0.4) is 0 Å². The Kier molecular flexibility index (Phi) is 36.0. The van der Waals surface area contributed by atoms with Crippen LogP contribution in [0.5, 0.6) is 0 Å². The fourth-order valence-electron chi connectivity index (χ4n) is 1.72. The van der Waals surface area contributed by atoms with Crippen LogP contribution in [0.2, 0.25) is 0 Å². The first-order chi connectivity index (χ1) is 11.1. The number of nitrogens with two attached hydrogens (primary N) is 1. The van der Waals surface area contributed by atoms with Gasteiger partial charge in [-0.3, -0.25) is 25.5 Å². The fourth-order valence-corrected chi connectivity index (χ4v) is 1.72. The van der Waals surface area contributed by atoms with Crippen LogP contribution in [0.15, 0.2) is 0 Å². The van der Waals surface area contributed by atoms with Crippen LogP contribution in [0.25, 0.3) is 0 Å². The third kappa shape index (κ3) is 20.8. The molecular formula is C13H19N2Na4O10-. The molecule has 0 aliphatic carbocycles. The van der Waals surface area contributed by atoms with Crippen LogP contribution in [0.4, 0.5) is 0 Å². The number of carbonyl (C=O) groups excluding carboxylic acids is 4. The zero-order valence-corrected chi connectivity index (χ0v) is 24.8. The predicted molar refractivity (Wildman–Crippen MR) is 77.0 cm³/mol. The van der Waals surface area contributed by atoms with Gasteiger partial charge in [0.2, 0.25) is 5.91 Å². The van der Waals surface area contributed by atoms with Gasteiger partial charge in [0.25, 0.3) is 0 Å². The van der Waals surface area contributed by atoms with E-state index >= 15 is 0 Å². The number of hydrogen-bond acceptors (Lipinski definition) is 9. The molecule has 29 heavy (non-hydrogen) atoms. The average molecular weight is 455 g/mol. The van der Waals surface area contributed by atoms with E-state index in [1.54, 1.807) is 0 Å². The molecule has 0 bridgehead atoms. The Labute approximate surface area is 257 Å². The molecule has 16 heteroatoms. The molecule has 0 heterocycles. The SMILES string of the molecule is NC(C[C-]=O)C(=O)NC(CC(=O)O)C(=O)CC(CC(=O)O)C(=O)[O-].[H-].[H-].[Na+].[Na+].[Na+].[Na+].[OH-]. The van der Waals surface area contributed by atoms with E-state index in [4.69, 9.17) is 15.9 Å². The van der Waals surface area contributed by atoms with Gasteiger partial charge in [0, 0.05) is 18.3 Å². The summed E-state index contributed by atoms with van der Waals surface area (Å²) in [5, 5.41) is 30.2. The third-order valence-corrected chi connectivity index (χ3v) is 2.93. The number of carbonyl (C=O) groups is 5. The number of hydrogen-bond donors (Lipinski definition) is 4. The van der Waals surface area contributed by atoms with Crippen LogP contribution in [0.1, 0.15) is 28.5 Å². The smallest absolute Gasteiger partial charge is 1.00 e. The molecule has 3 unspecified atom stereocenters. The van der Waals surface area contributed by atoms with E-state index in [2.05, 4.69) is 0 Å².